The van der Waals surface area contributed by atoms with Gasteiger partial charge in [-0.2, -0.15) is 4.68 Å². The summed E-state index contributed by atoms with van der Waals surface area (Å²) in [4.78, 5) is 30.9. The zero-order chi connectivity index (χ0) is 21.3. The van der Waals surface area contributed by atoms with Gasteiger partial charge in [0.05, 0.1) is 5.69 Å². The minimum Gasteiger partial charge on any atom is -0.340 e. The minimum atomic E-state index is -0.500. The van der Waals surface area contributed by atoms with Gasteiger partial charge < -0.3 is 4.90 Å². The predicted octanol–water partition coefficient (Wildman–Crippen LogP) is 2.43. The van der Waals surface area contributed by atoms with E-state index in [0.717, 1.165) is 4.57 Å². The second kappa shape index (κ2) is 8.03. The van der Waals surface area contributed by atoms with E-state index in [2.05, 4.69) is 15.3 Å². The number of likely N-dealkylation sites (N-methyl/N-ethyl adjacent to an activating group) is 1. The molecule has 0 saturated heterocycles. The average Bonchev–Trinajstić information content (AvgIpc) is 3.18. The van der Waals surface area contributed by atoms with Gasteiger partial charge in [-0.1, -0.05) is 41.1 Å². The van der Waals surface area contributed by atoms with Crippen LogP contribution in [0.4, 0.5) is 4.39 Å². The lowest BCUT2D eigenvalue weighted by Gasteiger charge is -2.19. The van der Waals surface area contributed by atoms with E-state index in [4.69, 9.17) is 11.6 Å². The fraction of sp³-hybridized carbons (Fsp3) is 0.150. The number of rotatable bonds is 5. The summed E-state index contributed by atoms with van der Waals surface area (Å²) in [6.45, 7) is -0.304. The van der Waals surface area contributed by atoms with Crippen molar-refractivity contribution in [2.45, 2.75) is 13.1 Å². The molecule has 10 heteroatoms. The van der Waals surface area contributed by atoms with Gasteiger partial charge >= 0.3 is 0 Å². The Hall–Kier alpha value is -3.59. The van der Waals surface area contributed by atoms with Crippen molar-refractivity contribution in [1.82, 2.24) is 29.4 Å². The third kappa shape index (κ3) is 3.67. The number of amides is 1. The van der Waals surface area contributed by atoms with Crippen molar-refractivity contribution in [2.75, 3.05) is 7.05 Å². The molecule has 4 aromatic rings. The monoisotopic (exact) mass is 426 g/mol. The number of aromatic nitrogens is 5. The van der Waals surface area contributed by atoms with E-state index in [1.165, 1.54) is 35.1 Å². The number of nitrogens with zero attached hydrogens (tertiary/aromatic N) is 6. The molecular weight excluding hydrogens is 411 g/mol. The first kappa shape index (κ1) is 19.7. The van der Waals surface area contributed by atoms with Crippen LogP contribution in [0, 0.1) is 5.82 Å². The topological polar surface area (TPSA) is 85.9 Å². The number of halogens is 2. The maximum absolute atomic E-state index is 14.0. The minimum absolute atomic E-state index is 0.0288. The van der Waals surface area contributed by atoms with Crippen molar-refractivity contribution in [3.05, 3.63) is 81.6 Å². The van der Waals surface area contributed by atoms with E-state index in [1.807, 2.05) is 30.3 Å². The summed E-state index contributed by atoms with van der Waals surface area (Å²) >= 11 is 6.02. The predicted molar refractivity (Wildman–Crippen MR) is 109 cm³/mol. The smallest absolute Gasteiger partial charge is 0.284 e. The molecule has 0 atom stereocenters. The Morgan fingerprint density at radius 2 is 1.93 bits per heavy atom. The number of benzene rings is 2. The summed E-state index contributed by atoms with van der Waals surface area (Å²) in [5.41, 5.74) is 0.771. The Balaban J connectivity index is 1.57. The highest BCUT2D eigenvalue weighted by molar-refractivity contribution is 6.31. The van der Waals surface area contributed by atoms with Crippen molar-refractivity contribution < 1.29 is 9.18 Å². The first-order valence-corrected chi connectivity index (χ1v) is 9.36. The van der Waals surface area contributed by atoms with E-state index < -0.39 is 17.3 Å². The van der Waals surface area contributed by atoms with Gasteiger partial charge in [-0.3, -0.25) is 14.2 Å². The summed E-state index contributed by atoms with van der Waals surface area (Å²) in [5.74, 6) is -0.909. The van der Waals surface area contributed by atoms with Crippen molar-refractivity contribution in [2.24, 2.45) is 0 Å². The van der Waals surface area contributed by atoms with Crippen molar-refractivity contribution in [1.29, 1.82) is 0 Å². The van der Waals surface area contributed by atoms with Crippen LogP contribution in [-0.2, 0) is 17.9 Å². The fourth-order valence-electron chi connectivity index (χ4n) is 2.97. The fourth-order valence-corrected chi connectivity index (χ4v) is 3.20. The van der Waals surface area contributed by atoms with Gasteiger partial charge in [-0.15, -0.1) is 5.10 Å². The molecular formula is C20H16ClFN6O2. The lowest BCUT2D eigenvalue weighted by molar-refractivity contribution is -0.131. The SMILES string of the molecule is CN(Cc1c(F)cccc1Cl)C(=O)Cn1cnc2c(nnn2-c2ccccc2)c1=O. The molecule has 0 fully saturated rings. The standard InChI is InChI=1S/C20H16ClFN6O2/c1-26(10-14-15(21)8-5-9-16(14)22)17(29)11-27-12-23-19-18(20(27)30)24-25-28(19)13-6-3-2-4-7-13/h2-9,12H,10-11H2,1H3. The van der Waals surface area contributed by atoms with Crippen LogP contribution in [0.5, 0.6) is 0 Å². The molecule has 0 N–H and O–H groups in total. The van der Waals surface area contributed by atoms with Crippen LogP contribution in [0.3, 0.4) is 0 Å². The summed E-state index contributed by atoms with van der Waals surface area (Å²) in [5, 5.41) is 8.15. The third-order valence-electron chi connectivity index (χ3n) is 4.62. The van der Waals surface area contributed by atoms with Crippen LogP contribution in [0.25, 0.3) is 16.9 Å². The average molecular weight is 427 g/mol. The molecule has 2 heterocycles. The first-order valence-electron chi connectivity index (χ1n) is 8.99. The van der Waals surface area contributed by atoms with Gasteiger partial charge in [0.25, 0.3) is 5.56 Å². The molecule has 152 valence electrons. The van der Waals surface area contributed by atoms with Crippen LogP contribution in [0.15, 0.2) is 59.7 Å². The van der Waals surface area contributed by atoms with E-state index in [9.17, 15) is 14.0 Å². The molecule has 0 bridgehead atoms. The summed E-state index contributed by atoms with van der Waals surface area (Å²) in [6.07, 6.45) is 1.27. The van der Waals surface area contributed by atoms with E-state index in [1.54, 1.807) is 6.07 Å². The molecule has 0 aliphatic heterocycles. The lowest BCUT2D eigenvalue weighted by Crippen LogP contribution is -2.34. The summed E-state index contributed by atoms with van der Waals surface area (Å²) < 4.78 is 16.6. The Labute approximate surface area is 175 Å². The number of fused-ring (bicyclic) bond motifs is 1. The lowest BCUT2D eigenvalue weighted by atomic mass is 10.2. The number of carbonyl (C=O) groups is 1. The maximum atomic E-state index is 14.0. The highest BCUT2D eigenvalue weighted by atomic mass is 35.5. The highest BCUT2D eigenvalue weighted by Gasteiger charge is 2.18. The van der Waals surface area contributed by atoms with Crippen LogP contribution in [0.1, 0.15) is 5.56 Å². The van der Waals surface area contributed by atoms with E-state index in [0.29, 0.717) is 11.3 Å². The summed E-state index contributed by atoms with van der Waals surface area (Å²) in [6, 6.07) is 13.5. The van der Waals surface area contributed by atoms with Gasteiger partial charge in [-0.05, 0) is 24.3 Å². The Bertz CT molecular complexity index is 1270. The molecule has 0 unspecified atom stereocenters. The first-order chi connectivity index (χ1) is 14.5. The molecule has 0 radical (unpaired) electrons. The second-order valence-corrected chi connectivity index (χ2v) is 7.04. The Morgan fingerprint density at radius 3 is 2.67 bits per heavy atom. The molecule has 1 amide bonds. The summed E-state index contributed by atoms with van der Waals surface area (Å²) in [7, 11) is 1.51. The quantitative estimate of drug-likeness (QED) is 0.489. The van der Waals surface area contributed by atoms with Gasteiger partial charge in [-0.25, -0.2) is 9.37 Å². The van der Waals surface area contributed by atoms with E-state index in [-0.39, 0.29) is 29.2 Å². The molecule has 0 saturated carbocycles. The number of hydrogen-bond donors (Lipinski definition) is 0. The van der Waals surface area contributed by atoms with Crippen molar-refractivity contribution >= 4 is 28.7 Å². The van der Waals surface area contributed by atoms with Gasteiger partial charge in [0, 0.05) is 24.2 Å². The Morgan fingerprint density at radius 1 is 1.17 bits per heavy atom. The molecule has 8 nitrogen and oxygen atoms in total. The molecule has 2 aromatic heterocycles. The van der Waals surface area contributed by atoms with Crippen LogP contribution < -0.4 is 5.56 Å². The molecule has 0 spiro atoms. The molecule has 4 rings (SSSR count). The molecule has 0 aliphatic rings. The van der Waals surface area contributed by atoms with Gasteiger partial charge in [0.2, 0.25) is 5.91 Å². The van der Waals surface area contributed by atoms with Crippen LogP contribution >= 0.6 is 11.6 Å². The van der Waals surface area contributed by atoms with E-state index >= 15 is 0 Å². The maximum Gasteiger partial charge on any atom is 0.284 e. The third-order valence-corrected chi connectivity index (χ3v) is 4.97. The van der Waals surface area contributed by atoms with Gasteiger partial charge in [0.15, 0.2) is 11.2 Å². The van der Waals surface area contributed by atoms with Crippen LogP contribution in [-0.4, -0.2) is 42.4 Å². The Kier molecular flexibility index (Phi) is 5.28. The largest absolute Gasteiger partial charge is 0.340 e. The van der Waals surface area contributed by atoms with Gasteiger partial charge in [0.1, 0.15) is 18.7 Å². The van der Waals surface area contributed by atoms with Crippen molar-refractivity contribution in [3.8, 4) is 5.69 Å². The number of hydrogen-bond acceptors (Lipinski definition) is 5. The van der Waals surface area contributed by atoms with Crippen molar-refractivity contribution in [3.63, 3.8) is 0 Å². The molecule has 0 aliphatic carbocycles. The normalized spacial score (nSPS) is 11.0. The number of carbonyl (C=O) groups excluding carboxylic acids is 1. The zero-order valence-corrected chi connectivity index (χ0v) is 16.6. The second-order valence-electron chi connectivity index (χ2n) is 6.64. The van der Waals surface area contributed by atoms with Crippen LogP contribution in [0.2, 0.25) is 5.02 Å². The zero-order valence-electron chi connectivity index (χ0n) is 15.9. The molecule has 30 heavy (non-hydrogen) atoms. The number of para-hydroxylation sites is 1. The highest BCUT2D eigenvalue weighted by Crippen LogP contribution is 2.20. The molecule has 2 aromatic carbocycles.